The second-order valence-corrected chi connectivity index (χ2v) is 7.96. The van der Waals surface area contributed by atoms with E-state index in [2.05, 4.69) is 0 Å². The third-order valence-corrected chi connectivity index (χ3v) is 6.09. The Morgan fingerprint density at radius 1 is 0.710 bits per heavy atom. The van der Waals surface area contributed by atoms with Gasteiger partial charge in [0.15, 0.2) is 11.4 Å². The van der Waals surface area contributed by atoms with Crippen molar-refractivity contribution in [2.45, 2.75) is 0 Å². The van der Waals surface area contributed by atoms with Crippen LogP contribution >= 0.6 is 11.6 Å². The van der Waals surface area contributed by atoms with Crippen LogP contribution in [0.1, 0.15) is 0 Å². The normalized spacial score (nSPS) is 11.8. The van der Waals surface area contributed by atoms with Crippen LogP contribution in [0.3, 0.4) is 0 Å². The molecule has 0 aliphatic carbocycles. The number of furan rings is 1. The van der Waals surface area contributed by atoms with Gasteiger partial charge in [-0.2, -0.15) is 0 Å². The van der Waals surface area contributed by atoms with Crippen LogP contribution in [0.2, 0.25) is 5.02 Å². The lowest BCUT2D eigenvalue weighted by atomic mass is 9.97. The molecule has 0 aliphatic heterocycles. The Hall–Kier alpha value is -3.76. The molecule has 5 aromatic carbocycles. The lowest BCUT2D eigenvalue weighted by Gasteiger charge is -2.10. The van der Waals surface area contributed by atoms with E-state index < -0.39 is 5.82 Å². The third-order valence-electron chi connectivity index (χ3n) is 5.79. The molecule has 6 rings (SSSR count). The predicted molar refractivity (Wildman–Crippen MR) is 122 cm³/mol. The maximum absolute atomic E-state index is 15.7. The molecular formula is C26H14ClFO3. The van der Waals surface area contributed by atoms with Crippen molar-refractivity contribution in [3.63, 3.8) is 0 Å². The molecule has 2 N–H and O–H groups in total. The molecule has 0 spiro atoms. The van der Waals surface area contributed by atoms with Crippen LogP contribution in [-0.2, 0) is 0 Å². The van der Waals surface area contributed by atoms with Gasteiger partial charge in [0.1, 0.15) is 17.1 Å². The van der Waals surface area contributed by atoms with E-state index >= 15 is 4.39 Å². The molecule has 1 aromatic heterocycles. The molecule has 6 aromatic rings. The molecule has 0 saturated heterocycles. The molecule has 0 atom stereocenters. The zero-order valence-electron chi connectivity index (χ0n) is 16.0. The highest BCUT2D eigenvalue weighted by atomic mass is 35.5. The zero-order valence-corrected chi connectivity index (χ0v) is 16.7. The molecule has 31 heavy (non-hydrogen) atoms. The topological polar surface area (TPSA) is 53.6 Å². The molecule has 5 heteroatoms. The van der Waals surface area contributed by atoms with E-state index in [9.17, 15) is 10.2 Å². The number of phenolic OH excluding ortho intramolecular Hbond substituents is 2. The SMILES string of the molecule is Oc1cc2c(O)cccc2cc1-c1cc(Cl)c2c(oc3ccc4ccccc4c32)c1F. The Balaban J connectivity index is 1.71. The van der Waals surface area contributed by atoms with Crippen molar-refractivity contribution < 1.29 is 19.0 Å². The van der Waals surface area contributed by atoms with E-state index in [1.54, 1.807) is 18.2 Å². The van der Waals surface area contributed by atoms with Gasteiger partial charge in [-0.15, -0.1) is 0 Å². The number of hydrogen-bond acceptors (Lipinski definition) is 3. The second-order valence-electron chi connectivity index (χ2n) is 7.55. The fourth-order valence-corrected chi connectivity index (χ4v) is 4.63. The Morgan fingerprint density at radius 3 is 2.39 bits per heavy atom. The summed E-state index contributed by atoms with van der Waals surface area (Å²) in [4.78, 5) is 0. The Bertz CT molecular complexity index is 1680. The fraction of sp³-hybridized carbons (Fsp3) is 0. The van der Waals surface area contributed by atoms with Crippen LogP contribution in [0.4, 0.5) is 4.39 Å². The van der Waals surface area contributed by atoms with Crippen LogP contribution in [0, 0.1) is 5.82 Å². The number of aromatic hydroxyl groups is 2. The van der Waals surface area contributed by atoms with Crippen LogP contribution < -0.4 is 0 Å². The van der Waals surface area contributed by atoms with Crippen molar-refractivity contribution in [2.75, 3.05) is 0 Å². The van der Waals surface area contributed by atoms with Crippen molar-refractivity contribution in [1.82, 2.24) is 0 Å². The molecule has 0 unspecified atom stereocenters. The summed E-state index contributed by atoms with van der Waals surface area (Å²) >= 11 is 6.65. The van der Waals surface area contributed by atoms with Gasteiger partial charge in [-0.25, -0.2) is 4.39 Å². The van der Waals surface area contributed by atoms with E-state index in [1.165, 1.54) is 18.2 Å². The zero-order chi connectivity index (χ0) is 21.3. The standard InChI is InChI=1S/C26H14ClFO3/c27-19-11-18(17-10-14-5-3-7-20(29)16(14)12-21(17)30)25(28)26-24(19)23-15-6-2-1-4-13(15)8-9-22(23)31-26/h1-12,29-30H. The van der Waals surface area contributed by atoms with Gasteiger partial charge in [0.2, 0.25) is 0 Å². The van der Waals surface area contributed by atoms with Crippen LogP contribution in [0.5, 0.6) is 11.5 Å². The van der Waals surface area contributed by atoms with Crippen LogP contribution in [-0.4, -0.2) is 10.2 Å². The lowest BCUT2D eigenvalue weighted by molar-refractivity contribution is 0.472. The Labute approximate surface area is 180 Å². The first kappa shape index (κ1) is 18.0. The van der Waals surface area contributed by atoms with E-state index in [0.29, 0.717) is 26.8 Å². The van der Waals surface area contributed by atoms with Crippen molar-refractivity contribution in [2.24, 2.45) is 0 Å². The van der Waals surface area contributed by atoms with E-state index in [-0.39, 0.29) is 28.2 Å². The van der Waals surface area contributed by atoms with Crippen LogP contribution in [0.15, 0.2) is 77.2 Å². The first-order chi connectivity index (χ1) is 15.0. The van der Waals surface area contributed by atoms with Gasteiger partial charge in [-0.05, 0) is 46.5 Å². The van der Waals surface area contributed by atoms with Gasteiger partial charge in [0.05, 0.1) is 10.4 Å². The summed E-state index contributed by atoms with van der Waals surface area (Å²) in [7, 11) is 0. The van der Waals surface area contributed by atoms with E-state index in [4.69, 9.17) is 16.0 Å². The smallest absolute Gasteiger partial charge is 0.174 e. The maximum Gasteiger partial charge on any atom is 0.174 e. The number of rotatable bonds is 1. The number of benzene rings is 5. The number of fused-ring (bicyclic) bond motifs is 6. The van der Waals surface area contributed by atoms with E-state index in [1.807, 2.05) is 36.4 Å². The fourth-order valence-electron chi connectivity index (χ4n) is 4.35. The molecule has 0 bridgehead atoms. The largest absolute Gasteiger partial charge is 0.507 e. The first-order valence-corrected chi connectivity index (χ1v) is 10.1. The second kappa shape index (κ2) is 6.37. The van der Waals surface area contributed by atoms with Gasteiger partial charge in [0, 0.05) is 21.9 Å². The molecule has 1 heterocycles. The van der Waals surface area contributed by atoms with Gasteiger partial charge in [-0.1, -0.05) is 54.1 Å². The lowest BCUT2D eigenvalue weighted by Crippen LogP contribution is -1.88. The van der Waals surface area contributed by atoms with Crippen molar-refractivity contribution in [1.29, 1.82) is 0 Å². The van der Waals surface area contributed by atoms with E-state index in [0.717, 1.165) is 16.2 Å². The monoisotopic (exact) mass is 428 g/mol. The average Bonchev–Trinajstić information content (AvgIpc) is 3.18. The van der Waals surface area contributed by atoms with Gasteiger partial charge >= 0.3 is 0 Å². The van der Waals surface area contributed by atoms with Crippen molar-refractivity contribution in [3.8, 4) is 22.6 Å². The Kier molecular flexibility index (Phi) is 3.71. The molecule has 150 valence electrons. The maximum atomic E-state index is 15.7. The molecule has 0 amide bonds. The number of halogens is 2. The van der Waals surface area contributed by atoms with Crippen molar-refractivity contribution >= 4 is 55.1 Å². The summed E-state index contributed by atoms with van der Waals surface area (Å²) in [5.41, 5.74) is 0.983. The summed E-state index contributed by atoms with van der Waals surface area (Å²) < 4.78 is 21.6. The summed E-state index contributed by atoms with van der Waals surface area (Å²) in [6, 6.07) is 21.1. The number of phenols is 2. The average molecular weight is 429 g/mol. The summed E-state index contributed by atoms with van der Waals surface area (Å²) in [6.07, 6.45) is 0. The summed E-state index contributed by atoms with van der Waals surface area (Å²) in [5.74, 6) is -0.725. The predicted octanol–water partition coefficient (Wildman–Crippen LogP) is 7.76. The molecule has 0 aliphatic rings. The molecule has 0 fully saturated rings. The third kappa shape index (κ3) is 2.52. The minimum atomic E-state index is -0.602. The van der Waals surface area contributed by atoms with Gasteiger partial charge in [-0.3, -0.25) is 0 Å². The first-order valence-electron chi connectivity index (χ1n) is 9.70. The summed E-state index contributed by atoms with van der Waals surface area (Å²) in [5, 5.41) is 25.3. The highest BCUT2D eigenvalue weighted by Gasteiger charge is 2.22. The van der Waals surface area contributed by atoms with Gasteiger partial charge in [0.25, 0.3) is 0 Å². The minimum absolute atomic E-state index is 0.0393. The minimum Gasteiger partial charge on any atom is -0.507 e. The number of hydrogen-bond donors (Lipinski definition) is 2. The molecular weight excluding hydrogens is 415 g/mol. The van der Waals surface area contributed by atoms with Crippen molar-refractivity contribution in [3.05, 3.63) is 83.6 Å². The van der Waals surface area contributed by atoms with Gasteiger partial charge < -0.3 is 14.6 Å². The highest BCUT2D eigenvalue weighted by molar-refractivity contribution is 6.39. The molecule has 3 nitrogen and oxygen atoms in total. The Morgan fingerprint density at radius 2 is 1.52 bits per heavy atom. The highest BCUT2D eigenvalue weighted by Crippen LogP contribution is 2.45. The quantitative estimate of drug-likeness (QED) is 0.281. The molecule has 0 radical (unpaired) electrons. The molecule has 0 saturated carbocycles. The summed E-state index contributed by atoms with van der Waals surface area (Å²) in [6.45, 7) is 0. The van der Waals surface area contributed by atoms with Crippen LogP contribution in [0.25, 0.3) is 54.6 Å².